The van der Waals surface area contributed by atoms with E-state index < -0.39 is 0 Å². The molecule has 0 bridgehead atoms. The molecule has 1 heterocycles. The monoisotopic (exact) mass is 239 g/mol. The summed E-state index contributed by atoms with van der Waals surface area (Å²) in [6.45, 7) is 10.4. The van der Waals surface area contributed by atoms with Crippen LogP contribution >= 0.6 is 0 Å². The summed E-state index contributed by atoms with van der Waals surface area (Å²) in [5.74, 6) is 0. The van der Waals surface area contributed by atoms with Crippen LogP contribution in [0.5, 0.6) is 0 Å². The second kappa shape index (κ2) is 4.55. The van der Waals surface area contributed by atoms with Gasteiger partial charge in [-0.2, -0.15) is 0 Å². The van der Waals surface area contributed by atoms with E-state index in [1.54, 1.807) is 0 Å². The SMILES string of the molecule is CCC1(C)CCOC2(CCCC(C)(C)CC2)N1. The van der Waals surface area contributed by atoms with Crippen molar-refractivity contribution < 1.29 is 4.74 Å². The maximum atomic E-state index is 6.17. The number of ether oxygens (including phenoxy) is 1. The van der Waals surface area contributed by atoms with Crippen molar-refractivity contribution in [3.63, 3.8) is 0 Å². The van der Waals surface area contributed by atoms with Crippen LogP contribution in [0.15, 0.2) is 0 Å². The number of hydrogen-bond donors (Lipinski definition) is 1. The number of rotatable bonds is 1. The van der Waals surface area contributed by atoms with Crippen LogP contribution in [0.3, 0.4) is 0 Å². The lowest BCUT2D eigenvalue weighted by Gasteiger charge is -2.47. The molecule has 0 aromatic rings. The average molecular weight is 239 g/mol. The van der Waals surface area contributed by atoms with Gasteiger partial charge in [-0.15, -0.1) is 0 Å². The van der Waals surface area contributed by atoms with Crippen molar-refractivity contribution in [1.82, 2.24) is 5.32 Å². The van der Waals surface area contributed by atoms with Gasteiger partial charge in [-0.05, 0) is 57.3 Å². The standard InChI is InChI=1S/C15H29NO/c1-5-14(4)11-12-17-15(16-14)8-6-7-13(2,3)9-10-15/h16H,5-12H2,1-4H3. The van der Waals surface area contributed by atoms with E-state index in [1.165, 1.54) is 38.5 Å². The molecule has 0 aromatic carbocycles. The van der Waals surface area contributed by atoms with Crippen LogP contribution in [0.25, 0.3) is 0 Å². The summed E-state index contributed by atoms with van der Waals surface area (Å²) in [4.78, 5) is 0. The van der Waals surface area contributed by atoms with Gasteiger partial charge in [0.2, 0.25) is 0 Å². The van der Waals surface area contributed by atoms with Gasteiger partial charge in [-0.1, -0.05) is 20.8 Å². The normalized spacial score (nSPS) is 42.4. The largest absolute Gasteiger partial charge is 0.361 e. The van der Waals surface area contributed by atoms with E-state index in [0.717, 1.165) is 13.0 Å². The van der Waals surface area contributed by atoms with E-state index in [1.807, 2.05) is 0 Å². The lowest BCUT2D eigenvalue weighted by atomic mass is 9.84. The fourth-order valence-electron chi connectivity index (χ4n) is 3.30. The van der Waals surface area contributed by atoms with Gasteiger partial charge in [0.1, 0.15) is 5.72 Å². The molecule has 1 saturated heterocycles. The first-order valence-electron chi connectivity index (χ1n) is 7.32. The van der Waals surface area contributed by atoms with Crippen molar-refractivity contribution in [1.29, 1.82) is 0 Å². The molecule has 2 nitrogen and oxygen atoms in total. The zero-order valence-electron chi connectivity index (χ0n) is 12.1. The Balaban J connectivity index is 2.08. The van der Waals surface area contributed by atoms with Gasteiger partial charge >= 0.3 is 0 Å². The molecule has 100 valence electrons. The highest BCUT2D eigenvalue weighted by Crippen LogP contribution is 2.41. The van der Waals surface area contributed by atoms with Crippen LogP contribution in [-0.4, -0.2) is 17.9 Å². The van der Waals surface area contributed by atoms with E-state index in [9.17, 15) is 0 Å². The minimum atomic E-state index is -0.0171. The maximum absolute atomic E-state index is 6.17. The Kier molecular flexibility index (Phi) is 3.57. The molecular weight excluding hydrogens is 210 g/mol. The Morgan fingerprint density at radius 1 is 1.00 bits per heavy atom. The van der Waals surface area contributed by atoms with E-state index in [-0.39, 0.29) is 11.3 Å². The second-order valence-electron chi connectivity index (χ2n) is 7.15. The molecule has 1 spiro atoms. The predicted octanol–water partition coefficient (Wildman–Crippen LogP) is 3.85. The van der Waals surface area contributed by atoms with Gasteiger partial charge in [0, 0.05) is 5.54 Å². The van der Waals surface area contributed by atoms with Crippen LogP contribution in [0.4, 0.5) is 0 Å². The summed E-state index contributed by atoms with van der Waals surface area (Å²) in [5, 5.41) is 3.85. The minimum Gasteiger partial charge on any atom is -0.361 e. The van der Waals surface area contributed by atoms with Crippen molar-refractivity contribution in [2.75, 3.05) is 6.61 Å². The van der Waals surface area contributed by atoms with Crippen molar-refractivity contribution >= 4 is 0 Å². The molecule has 2 unspecified atom stereocenters. The second-order valence-corrected chi connectivity index (χ2v) is 7.15. The van der Waals surface area contributed by atoms with Crippen molar-refractivity contribution in [2.45, 2.75) is 83.9 Å². The summed E-state index contributed by atoms with van der Waals surface area (Å²) < 4.78 is 6.17. The number of hydrogen-bond acceptors (Lipinski definition) is 2. The zero-order chi connectivity index (χ0) is 12.6. The first-order chi connectivity index (χ1) is 7.89. The quantitative estimate of drug-likeness (QED) is 0.750. The van der Waals surface area contributed by atoms with Gasteiger partial charge in [0.25, 0.3) is 0 Å². The summed E-state index contributed by atoms with van der Waals surface area (Å²) in [5.41, 5.74) is 0.762. The Labute approximate surface area is 107 Å². The highest BCUT2D eigenvalue weighted by atomic mass is 16.5. The summed E-state index contributed by atoms with van der Waals surface area (Å²) in [6, 6.07) is 0. The van der Waals surface area contributed by atoms with Crippen LogP contribution in [0.1, 0.15) is 72.6 Å². The molecule has 2 rings (SSSR count). The van der Waals surface area contributed by atoms with Gasteiger partial charge in [0.15, 0.2) is 0 Å². The van der Waals surface area contributed by atoms with Crippen LogP contribution in [-0.2, 0) is 4.74 Å². The molecule has 1 aliphatic carbocycles. The molecule has 17 heavy (non-hydrogen) atoms. The van der Waals surface area contributed by atoms with E-state index in [4.69, 9.17) is 4.74 Å². The first-order valence-corrected chi connectivity index (χ1v) is 7.32. The van der Waals surface area contributed by atoms with E-state index >= 15 is 0 Å². The molecule has 2 atom stereocenters. The topological polar surface area (TPSA) is 21.3 Å². The smallest absolute Gasteiger partial charge is 0.119 e. The third-order valence-corrected chi connectivity index (χ3v) is 4.98. The molecule has 1 N–H and O–H groups in total. The molecule has 0 amide bonds. The molecule has 1 aliphatic heterocycles. The molecule has 2 fully saturated rings. The highest BCUT2D eigenvalue weighted by Gasteiger charge is 2.43. The number of nitrogens with one attached hydrogen (secondary N) is 1. The first kappa shape index (κ1) is 13.4. The van der Waals surface area contributed by atoms with Crippen LogP contribution < -0.4 is 5.32 Å². The lowest BCUT2D eigenvalue weighted by molar-refractivity contribution is -0.139. The minimum absolute atomic E-state index is 0.0171. The zero-order valence-corrected chi connectivity index (χ0v) is 12.1. The lowest BCUT2D eigenvalue weighted by Crippen LogP contribution is -2.62. The summed E-state index contributed by atoms with van der Waals surface area (Å²) in [7, 11) is 0. The Morgan fingerprint density at radius 3 is 2.47 bits per heavy atom. The third kappa shape index (κ3) is 3.03. The fraction of sp³-hybridized carbons (Fsp3) is 1.00. The maximum Gasteiger partial charge on any atom is 0.119 e. The Bertz CT molecular complexity index is 276. The van der Waals surface area contributed by atoms with Crippen LogP contribution in [0.2, 0.25) is 0 Å². The molecular formula is C15H29NO. The van der Waals surface area contributed by atoms with Gasteiger partial charge in [-0.3, -0.25) is 5.32 Å². The molecule has 1 saturated carbocycles. The van der Waals surface area contributed by atoms with Crippen molar-refractivity contribution in [2.24, 2.45) is 5.41 Å². The van der Waals surface area contributed by atoms with Crippen LogP contribution in [0, 0.1) is 5.41 Å². The van der Waals surface area contributed by atoms with Gasteiger partial charge in [0.05, 0.1) is 6.61 Å². The van der Waals surface area contributed by atoms with Crippen molar-refractivity contribution in [3.8, 4) is 0 Å². The fourth-order valence-corrected chi connectivity index (χ4v) is 3.30. The highest BCUT2D eigenvalue weighted by molar-refractivity contribution is 4.96. The van der Waals surface area contributed by atoms with Gasteiger partial charge in [-0.25, -0.2) is 0 Å². The van der Waals surface area contributed by atoms with E-state index in [2.05, 4.69) is 33.0 Å². The molecule has 0 aromatic heterocycles. The predicted molar refractivity (Wildman–Crippen MR) is 72.0 cm³/mol. The Hall–Kier alpha value is -0.0800. The van der Waals surface area contributed by atoms with Gasteiger partial charge < -0.3 is 4.74 Å². The van der Waals surface area contributed by atoms with Crippen molar-refractivity contribution in [3.05, 3.63) is 0 Å². The summed E-state index contributed by atoms with van der Waals surface area (Å²) in [6.07, 6.45) is 8.61. The average Bonchev–Trinajstić information content (AvgIpc) is 2.39. The Morgan fingerprint density at radius 2 is 1.76 bits per heavy atom. The molecule has 2 heteroatoms. The molecule has 0 radical (unpaired) electrons. The van der Waals surface area contributed by atoms with E-state index in [0.29, 0.717) is 5.41 Å². The summed E-state index contributed by atoms with van der Waals surface area (Å²) >= 11 is 0. The third-order valence-electron chi connectivity index (χ3n) is 4.98. The molecule has 2 aliphatic rings.